The number of benzene rings is 2. The number of carbonyl (C=O) groups excluding carboxylic acids is 1. The molecular formula is C21H22O3. The number of Topliss-reactive ketones (excluding diaryl/α,β-unsaturated/α-hetero) is 1. The molecule has 0 N–H and O–H groups in total. The number of carbonyl (C=O) groups is 1. The molecular weight excluding hydrogens is 300 g/mol. The van der Waals surface area contributed by atoms with E-state index in [1.807, 2.05) is 45.1 Å². The Morgan fingerprint density at radius 1 is 1.12 bits per heavy atom. The molecule has 1 fully saturated rings. The van der Waals surface area contributed by atoms with Crippen LogP contribution in [0.5, 0.6) is 0 Å². The first-order chi connectivity index (χ1) is 11.4. The molecule has 3 nitrogen and oxygen atoms in total. The molecule has 2 aromatic carbocycles. The van der Waals surface area contributed by atoms with Gasteiger partial charge in [-0.05, 0) is 43.2 Å². The Labute approximate surface area is 142 Å². The standard InChI is InChI=1S/C21H22O3/c1-14(16-9-8-15-6-4-5-7-17(15)12-16)23-19-18(22)13-20(2)10-11-21(19,3)24-20/h4-12,14,19H,13H2,1-3H3/t14-,19+,20-,21+/m1/s1. The Balaban J connectivity index is 1.60. The number of ether oxygens (including phenoxy) is 2. The van der Waals surface area contributed by atoms with Gasteiger partial charge in [0.2, 0.25) is 0 Å². The van der Waals surface area contributed by atoms with E-state index in [4.69, 9.17) is 9.47 Å². The lowest BCUT2D eigenvalue weighted by Crippen LogP contribution is -2.54. The topological polar surface area (TPSA) is 35.5 Å². The van der Waals surface area contributed by atoms with Gasteiger partial charge in [0.25, 0.3) is 0 Å². The molecule has 0 spiro atoms. The molecule has 0 radical (unpaired) electrons. The summed E-state index contributed by atoms with van der Waals surface area (Å²) in [6, 6.07) is 14.5. The van der Waals surface area contributed by atoms with Gasteiger partial charge in [0.15, 0.2) is 5.78 Å². The van der Waals surface area contributed by atoms with Crippen molar-refractivity contribution in [3.63, 3.8) is 0 Å². The molecule has 0 aromatic heterocycles. The average Bonchev–Trinajstić information content (AvgIpc) is 2.82. The molecule has 2 bridgehead atoms. The Hall–Kier alpha value is -1.97. The Bertz CT molecular complexity index is 840. The number of rotatable bonds is 3. The van der Waals surface area contributed by atoms with Crippen LogP contribution in [0.4, 0.5) is 0 Å². The van der Waals surface area contributed by atoms with Crippen LogP contribution in [0.15, 0.2) is 54.6 Å². The first kappa shape index (κ1) is 15.6. The van der Waals surface area contributed by atoms with Crippen LogP contribution in [-0.4, -0.2) is 23.1 Å². The second kappa shape index (κ2) is 5.27. The van der Waals surface area contributed by atoms with Crippen molar-refractivity contribution in [3.05, 3.63) is 60.2 Å². The van der Waals surface area contributed by atoms with Crippen molar-refractivity contribution >= 4 is 16.6 Å². The fraction of sp³-hybridized carbons (Fsp3) is 0.381. The van der Waals surface area contributed by atoms with Gasteiger partial charge >= 0.3 is 0 Å². The summed E-state index contributed by atoms with van der Waals surface area (Å²) >= 11 is 0. The van der Waals surface area contributed by atoms with E-state index in [1.165, 1.54) is 10.8 Å². The minimum Gasteiger partial charge on any atom is -0.359 e. The molecule has 2 heterocycles. The summed E-state index contributed by atoms with van der Waals surface area (Å²) in [4.78, 5) is 12.6. The van der Waals surface area contributed by atoms with Crippen LogP contribution in [0.3, 0.4) is 0 Å². The highest BCUT2D eigenvalue weighted by Crippen LogP contribution is 2.43. The monoisotopic (exact) mass is 322 g/mol. The normalized spacial score (nSPS) is 33.1. The van der Waals surface area contributed by atoms with E-state index >= 15 is 0 Å². The van der Waals surface area contributed by atoms with E-state index in [0.29, 0.717) is 6.42 Å². The average molecular weight is 322 g/mol. The van der Waals surface area contributed by atoms with Gasteiger partial charge in [-0.1, -0.05) is 48.6 Å². The highest BCUT2D eigenvalue weighted by atomic mass is 16.6. The van der Waals surface area contributed by atoms with Crippen molar-refractivity contribution < 1.29 is 14.3 Å². The molecule has 1 saturated heterocycles. The molecule has 2 aromatic rings. The number of ketones is 1. The summed E-state index contributed by atoms with van der Waals surface area (Å²) < 4.78 is 12.3. The van der Waals surface area contributed by atoms with Gasteiger partial charge in [0.1, 0.15) is 11.7 Å². The van der Waals surface area contributed by atoms with Gasteiger partial charge in [-0.15, -0.1) is 0 Å². The van der Waals surface area contributed by atoms with Crippen molar-refractivity contribution in [1.29, 1.82) is 0 Å². The second-order valence-corrected chi connectivity index (χ2v) is 7.34. The summed E-state index contributed by atoms with van der Waals surface area (Å²) in [5.41, 5.74) is -0.0759. The van der Waals surface area contributed by atoms with Crippen molar-refractivity contribution in [1.82, 2.24) is 0 Å². The third-order valence-corrected chi connectivity index (χ3v) is 5.14. The van der Waals surface area contributed by atoms with Crippen molar-refractivity contribution in [3.8, 4) is 0 Å². The first-order valence-corrected chi connectivity index (χ1v) is 8.46. The Morgan fingerprint density at radius 2 is 1.88 bits per heavy atom. The summed E-state index contributed by atoms with van der Waals surface area (Å²) in [7, 11) is 0. The predicted molar refractivity (Wildman–Crippen MR) is 93.9 cm³/mol. The second-order valence-electron chi connectivity index (χ2n) is 7.34. The van der Waals surface area contributed by atoms with E-state index in [9.17, 15) is 4.79 Å². The third-order valence-electron chi connectivity index (χ3n) is 5.14. The van der Waals surface area contributed by atoms with Crippen LogP contribution in [0.25, 0.3) is 10.8 Å². The first-order valence-electron chi connectivity index (χ1n) is 8.46. The maximum Gasteiger partial charge on any atom is 0.168 e. The van der Waals surface area contributed by atoms with E-state index < -0.39 is 17.3 Å². The zero-order valence-electron chi connectivity index (χ0n) is 14.3. The van der Waals surface area contributed by atoms with E-state index in [1.54, 1.807) is 0 Å². The lowest BCUT2D eigenvalue weighted by Gasteiger charge is -2.42. The van der Waals surface area contributed by atoms with E-state index in [-0.39, 0.29) is 11.9 Å². The molecule has 0 aliphatic carbocycles. The lowest BCUT2D eigenvalue weighted by atomic mass is 9.89. The fourth-order valence-corrected chi connectivity index (χ4v) is 3.86. The molecule has 4 rings (SSSR count). The van der Waals surface area contributed by atoms with Gasteiger partial charge in [-0.25, -0.2) is 0 Å². The van der Waals surface area contributed by atoms with Crippen LogP contribution in [-0.2, 0) is 14.3 Å². The minimum atomic E-state index is -0.671. The molecule has 124 valence electrons. The number of hydrogen-bond acceptors (Lipinski definition) is 3. The lowest BCUT2D eigenvalue weighted by molar-refractivity contribution is -0.196. The largest absolute Gasteiger partial charge is 0.359 e. The van der Waals surface area contributed by atoms with Gasteiger partial charge in [-0.2, -0.15) is 0 Å². The van der Waals surface area contributed by atoms with Gasteiger partial charge < -0.3 is 9.47 Å². The molecule has 0 saturated carbocycles. The zero-order chi connectivity index (χ0) is 16.9. The van der Waals surface area contributed by atoms with E-state index in [2.05, 4.69) is 30.3 Å². The molecule has 3 heteroatoms. The molecule has 2 aliphatic heterocycles. The zero-order valence-corrected chi connectivity index (χ0v) is 14.3. The molecule has 0 amide bonds. The summed E-state index contributed by atoms with van der Waals surface area (Å²) in [6.45, 7) is 5.88. The highest BCUT2D eigenvalue weighted by Gasteiger charge is 2.54. The van der Waals surface area contributed by atoms with Crippen LogP contribution in [0.2, 0.25) is 0 Å². The van der Waals surface area contributed by atoms with Gasteiger partial charge in [-0.3, -0.25) is 4.79 Å². The summed E-state index contributed by atoms with van der Waals surface area (Å²) in [6.07, 6.45) is 3.60. The fourth-order valence-electron chi connectivity index (χ4n) is 3.86. The molecule has 4 atom stereocenters. The summed E-state index contributed by atoms with van der Waals surface area (Å²) in [5, 5.41) is 2.38. The smallest absolute Gasteiger partial charge is 0.168 e. The van der Waals surface area contributed by atoms with Crippen LogP contribution >= 0.6 is 0 Å². The number of hydrogen-bond donors (Lipinski definition) is 0. The van der Waals surface area contributed by atoms with Crippen molar-refractivity contribution in [2.45, 2.75) is 50.6 Å². The quantitative estimate of drug-likeness (QED) is 0.788. The van der Waals surface area contributed by atoms with Gasteiger partial charge in [0.05, 0.1) is 11.7 Å². The van der Waals surface area contributed by atoms with E-state index in [0.717, 1.165) is 5.56 Å². The maximum absolute atomic E-state index is 12.6. The van der Waals surface area contributed by atoms with Crippen LogP contribution in [0, 0.1) is 0 Å². The Kier molecular flexibility index (Phi) is 3.41. The molecule has 24 heavy (non-hydrogen) atoms. The summed E-state index contributed by atoms with van der Waals surface area (Å²) in [5.74, 6) is 0.115. The Morgan fingerprint density at radius 3 is 2.67 bits per heavy atom. The maximum atomic E-state index is 12.6. The third kappa shape index (κ3) is 2.48. The highest BCUT2D eigenvalue weighted by molar-refractivity contribution is 5.88. The predicted octanol–water partition coefficient (Wildman–Crippen LogP) is 4.36. The van der Waals surface area contributed by atoms with Crippen molar-refractivity contribution in [2.75, 3.05) is 0 Å². The molecule has 0 unspecified atom stereocenters. The van der Waals surface area contributed by atoms with Crippen molar-refractivity contribution in [2.24, 2.45) is 0 Å². The minimum absolute atomic E-state index is 0.115. The van der Waals surface area contributed by atoms with Crippen LogP contribution in [0.1, 0.15) is 38.9 Å². The SMILES string of the molecule is C[C@@H](O[C@H]1C(=O)C[C@@]2(C)C=C[C@]1(C)O2)c1ccc2ccccc2c1. The number of fused-ring (bicyclic) bond motifs is 3. The van der Waals surface area contributed by atoms with Gasteiger partial charge in [0, 0.05) is 6.42 Å². The molecule has 2 aliphatic rings. The van der Waals surface area contributed by atoms with Crippen LogP contribution < -0.4 is 0 Å².